The van der Waals surface area contributed by atoms with Gasteiger partial charge in [-0.05, 0) is 31.9 Å². The fraction of sp³-hybridized carbons (Fsp3) is 0.294. The van der Waals surface area contributed by atoms with Crippen molar-refractivity contribution in [2.75, 3.05) is 37.9 Å². The Balaban J connectivity index is 2.26. The summed E-state index contributed by atoms with van der Waals surface area (Å²) in [6.07, 6.45) is 2.11. The minimum Gasteiger partial charge on any atom is -0.626 e. The fourth-order valence-electron chi connectivity index (χ4n) is 2.65. The first kappa shape index (κ1) is 21.9. The Morgan fingerprint density at radius 3 is 2.44 bits per heavy atom. The maximum atomic E-state index is 13.4. The number of ether oxygens (including phenoxy) is 2. The van der Waals surface area contributed by atoms with Crippen molar-refractivity contribution < 1.29 is 19.1 Å². The molecule has 1 aliphatic heterocycles. The number of halogens is 3. The number of esters is 2. The Kier molecular flexibility index (Phi) is 7.47. The first-order valence-electron chi connectivity index (χ1n) is 7.83. The van der Waals surface area contributed by atoms with Crippen molar-refractivity contribution in [3.05, 3.63) is 50.6 Å². The molecule has 0 N–H and O–H groups in total. The van der Waals surface area contributed by atoms with E-state index >= 15 is 0 Å². The Morgan fingerprint density at radius 2 is 1.85 bits per heavy atom. The largest absolute Gasteiger partial charge is 0.626 e. The van der Waals surface area contributed by atoms with E-state index in [9.17, 15) is 14.8 Å². The summed E-state index contributed by atoms with van der Waals surface area (Å²) in [5, 5.41) is 13.8. The molecule has 10 heteroatoms. The lowest BCUT2D eigenvalue weighted by atomic mass is 10.2. The summed E-state index contributed by atoms with van der Waals surface area (Å²) >= 11 is 13.2. The third kappa shape index (κ3) is 4.91. The number of nitrogens with zero attached hydrogens (tertiary/aromatic N) is 2. The lowest BCUT2D eigenvalue weighted by Crippen LogP contribution is -2.48. The van der Waals surface area contributed by atoms with Crippen LogP contribution in [0.5, 0.6) is 0 Å². The van der Waals surface area contributed by atoms with Crippen LogP contribution in [-0.4, -0.2) is 44.9 Å². The van der Waals surface area contributed by atoms with Crippen molar-refractivity contribution in [1.82, 2.24) is 4.65 Å². The molecule has 0 aliphatic carbocycles. The van der Waals surface area contributed by atoms with Gasteiger partial charge in [0.25, 0.3) is 0 Å². The number of hydrogen-bond acceptors (Lipinski definition) is 6. The second-order valence-corrected chi connectivity index (χ2v) is 7.64. The molecule has 146 valence electrons. The topological polar surface area (TPSA) is 78.9 Å². The molecule has 1 aromatic rings. The van der Waals surface area contributed by atoms with Gasteiger partial charge >= 0.3 is 11.9 Å². The van der Waals surface area contributed by atoms with Crippen LogP contribution in [0, 0.1) is 5.21 Å². The molecule has 0 fully saturated rings. The SMILES string of the molecule is C=CC(=O)OCCN1C[N+]([O-])(CCOC(=O)C=C)c2cc(Br)c(Br)c(Cl)c21. The van der Waals surface area contributed by atoms with E-state index in [0.29, 0.717) is 25.3 Å². The third-order valence-electron chi connectivity index (χ3n) is 3.91. The first-order valence-corrected chi connectivity index (χ1v) is 9.79. The molecule has 1 heterocycles. The average molecular weight is 525 g/mol. The van der Waals surface area contributed by atoms with Gasteiger partial charge in [-0.15, -0.1) is 0 Å². The molecule has 2 rings (SSSR count). The number of hydrogen-bond donors (Lipinski definition) is 0. The number of benzene rings is 1. The van der Waals surface area contributed by atoms with Crippen LogP contribution in [0.2, 0.25) is 5.02 Å². The summed E-state index contributed by atoms with van der Waals surface area (Å²) in [5.41, 5.74) is 0.978. The van der Waals surface area contributed by atoms with Crippen LogP contribution in [0.15, 0.2) is 40.3 Å². The molecule has 0 bridgehead atoms. The number of carbonyl (C=O) groups is 2. The zero-order valence-corrected chi connectivity index (χ0v) is 18.2. The van der Waals surface area contributed by atoms with Gasteiger partial charge in [-0.25, -0.2) is 9.59 Å². The summed E-state index contributed by atoms with van der Waals surface area (Å²) in [6, 6.07) is 1.68. The van der Waals surface area contributed by atoms with E-state index in [1.807, 2.05) is 0 Å². The van der Waals surface area contributed by atoms with Crippen LogP contribution in [0.25, 0.3) is 0 Å². The molecule has 27 heavy (non-hydrogen) atoms. The minimum atomic E-state index is -0.763. The van der Waals surface area contributed by atoms with Gasteiger partial charge in [0.05, 0.1) is 16.0 Å². The maximum absolute atomic E-state index is 13.4. The zero-order chi connectivity index (χ0) is 20.2. The average Bonchev–Trinajstić information content (AvgIpc) is 2.91. The fourth-order valence-corrected chi connectivity index (χ4v) is 3.80. The van der Waals surface area contributed by atoms with Crippen molar-refractivity contribution in [3.63, 3.8) is 0 Å². The Morgan fingerprint density at radius 1 is 1.26 bits per heavy atom. The van der Waals surface area contributed by atoms with Crippen LogP contribution in [0.1, 0.15) is 0 Å². The molecule has 1 aromatic carbocycles. The first-order chi connectivity index (χ1) is 12.7. The van der Waals surface area contributed by atoms with Gasteiger partial charge in [0.15, 0.2) is 12.4 Å². The zero-order valence-electron chi connectivity index (χ0n) is 14.3. The van der Waals surface area contributed by atoms with E-state index in [1.54, 1.807) is 11.0 Å². The van der Waals surface area contributed by atoms with Gasteiger partial charge in [0, 0.05) is 22.7 Å². The number of fused-ring (bicyclic) bond motifs is 1. The van der Waals surface area contributed by atoms with Crippen molar-refractivity contribution in [2.45, 2.75) is 0 Å². The van der Waals surface area contributed by atoms with Crippen molar-refractivity contribution in [1.29, 1.82) is 0 Å². The molecule has 0 saturated heterocycles. The molecular formula is C17H17Br2ClN2O5. The van der Waals surface area contributed by atoms with Crippen LogP contribution in [0.4, 0.5) is 11.4 Å². The number of hydroxylamine groups is 2. The number of quaternary nitrogens is 1. The molecular weight excluding hydrogens is 507 g/mol. The quantitative estimate of drug-likeness (QED) is 0.169. The molecule has 7 nitrogen and oxygen atoms in total. The molecule has 0 radical (unpaired) electrons. The Labute approximate surface area is 178 Å². The van der Waals surface area contributed by atoms with Crippen LogP contribution in [-0.2, 0) is 19.1 Å². The van der Waals surface area contributed by atoms with E-state index in [4.69, 9.17) is 21.1 Å². The summed E-state index contributed by atoms with van der Waals surface area (Å²) < 4.78 is 10.4. The van der Waals surface area contributed by atoms with Gasteiger partial charge in [0.2, 0.25) is 0 Å². The molecule has 0 aromatic heterocycles. The van der Waals surface area contributed by atoms with Crippen molar-refractivity contribution in [3.8, 4) is 0 Å². The van der Waals surface area contributed by atoms with Crippen molar-refractivity contribution in [2.24, 2.45) is 0 Å². The highest BCUT2D eigenvalue weighted by Crippen LogP contribution is 2.50. The smallest absolute Gasteiger partial charge is 0.330 e. The van der Waals surface area contributed by atoms with E-state index < -0.39 is 16.6 Å². The van der Waals surface area contributed by atoms with Crippen LogP contribution < -0.4 is 9.55 Å². The number of carbonyl (C=O) groups excluding carboxylic acids is 2. The normalized spacial score (nSPS) is 18.0. The summed E-state index contributed by atoms with van der Waals surface area (Å²) in [7, 11) is 0. The highest BCUT2D eigenvalue weighted by molar-refractivity contribution is 9.13. The molecule has 0 spiro atoms. The van der Waals surface area contributed by atoms with Gasteiger partial charge in [-0.3, -0.25) is 0 Å². The molecule has 1 aliphatic rings. The standard InChI is InChI=1S/C17H17Br2ClN2O5/c1-3-13(23)26-7-5-21-10-22(25,6-8-27-14(24)4-2)12-9-11(18)15(19)16(20)17(12)21/h3-4,9H,1-2,5-8,10H2. The lowest BCUT2D eigenvalue weighted by Gasteiger charge is -2.38. The van der Waals surface area contributed by atoms with E-state index in [1.165, 1.54) is 0 Å². The molecule has 0 amide bonds. The van der Waals surface area contributed by atoms with Crippen LogP contribution >= 0.6 is 43.5 Å². The molecule has 1 atom stereocenters. The monoisotopic (exact) mass is 522 g/mol. The van der Waals surface area contributed by atoms with Gasteiger partial charge < -0.3 is 24.2 Å². The number of rotatable bonds is 8. The number of anilines is 1. The third-order valence-corrected chi connectivity index (χ3v) is 6.48. The van der Waals surface area contributed by atoms with Crippen molar-refractivity contribution >= 4 is 66.8 Å². The second kappa shape index (κ2) is 9.20. The molecule has 1 unspecified atom stereocenters. The summed E-state index contributed by atoms with van der Waals surface area (Å²) in [4.78, 5) is 24.2. The van der Waals surface area contributed by atoms with E-state index in [0.717, 1.165) is 12.2 Å². The molecule has 0 saturated carbocycles. The Hall–Kier alpha value is -1.39. The highest BCUT2D eigenvalue weighted by Gasteiger charge is 2.39. The van der Waals surface area contributed by atoms with Gasteiger partial charge in [-0.2, -0.15) is 0 Å². The van der Waals surface area contributed by atoms with E-state index in [2.05, 4.69) is 45.0 Å². The highest BCUT2D eigenvalue weighted by atomic mass is 79.9. The van der Waals surface area contributed by atoms with Crippen LogP contribution in [0.3, 0.4) is 0 Å². The summed E-state index contributed by atoms with van der Waals surface area (Å²) in [5.74, 6) is -1.14. The summed E-state index contributed by atoms with van der Waals surface area (Å²) in [6.45, 7) is 6.97. The predicted molar refractivity (Wildman–Crippen MR) is 111 cm³/mol. The minimum absolute atomic E-state index is 0.0000727. The predicted octanol–water partition coefficient (Wildman–Crippen LogP) is 3.91. The Bertz CT molecular complexity index is 789. The van der Waals surface area contributed by atoms with E-state index in [-0.39, 0.29) is 33.0 Å². The van der Waals surface area contributed by atoms with Gasteiger partial charge in [-0.1, -0.05) is 24.8 Å². The maximum Gasteiger partial charge on any atom is 0.330 e. The van der Waals surface area contributed by atoms with Gasteiger partial charge in [0.1, 0.15) is 25.4 Å². The second-order valence-electron chi connectivity index (χ2n) is 5.62. The lowest BCUT2D eigenvalue weighted by molar-refractivity contribution is -0.138.